The van der Waals surface area contributed by atoms with Gasteiger partial charge in [0.15, 0.2) is 0 Å². The van der Waals surface area contributed by atoms with E-state index in [0.717, 1.165) is 18.9 Å². The van der Waals surface area contributed by atoms with E-state index in [0.29, 0.717) is 12.0 Å². The molecule has 0 radical (unpaired) electrons. The fraction of sp³-hybridized carbons (Fsp3) is 1.00. The smallest absolute Gasteiger partial charge is 0.0583 e. The minimum absolute atomic E-state index is 0.0400. The SMILES string of the molecule is C[C@@H]1CC[C@@H](O)[C@H]([C@@H]2CCCCN2)C1. The van der Waals surface area contributed by atoms with Crippen LogP contribution in [0.15, 0.2) is 0 Å². The molecule has 2 N–H and O–H groups in total. The van der Waals surface area contributed by atoms with Gasteiger partial charge >= 0.3 is 0 Å². The topological polar surface area (TPSA) is 32.3 Å². The largest absolute Gasteiger partial charge is 0.393 e. The Labute approximate surface area is 87.1 Å². The molecule has 2 nitrogen and oxygen atoms in total. The molecule has 1 aliphatic heterocycles. The van der Waals surface area contributed by atoms with Crippen molar-refractivity contribution >= 4 is 0 Å². The van der Waals surface area contributed by atoms with Gasteiger partial charge in [0.25, 0.3) is 0 Å². The number of rotatable bonds is 1. The van der Waals surface area contributed by atoms with Gasteiger partial charge in [0.1, 0.15) is 0 Å². The Morgan fingerprint density at radius 1 is 1.14 bits per heavy atom. The zero-order valence-corrected chi connectivity index (χ0v) is 9.21. The average molecular weight is 197 g/mol. The van der Waals surface area contributed by atoms with Crippen LogP contribution in [0.2, 0.25) is 0 Å². The summed E-state index contributed by atoms with van der Waals surface area (Å²) in [4.78, 5) is 0. The second-order valence-corrected chi connectivity index (χ2v) is 5.21. The lowest BCUT2D eigenvalue weighted by Gasteiger charge is -2.39. The van der Waals surface area contributed by atoms with Gasteiger partial charge in [-0.2, -0.15) is 0 Å². The molecule has 0 unspecified atom stereocenters. The average Bonchev–Trinajstić information content (AvgIpc) is 2.23. The quantitative estimate of drug-likeness (QED) is 0.673. The molecule has 14 heavy (non-hydrogen) atoms. The molecule has 2 heteroatoms. The van der Waals surface area contributed by atoms with Gasteiger partial charge < -0.3 is 10.4 Å². The third-order valence-corrected chi connectivity index (χ3v) is 3.99. The molecule has 2 fully saturated rings. The summed E-state index contributed by atoms with van der Waals surface area (Å²) >= 11 is 0. The third kappa shape index (κ3) is 2.29. The van der Waals surface area contributed by atoms with E-state index in [2.05, 4.69) is 12.2 Å². The lowest BCUT2D eigenvalue weighted by molar-refractivity contribution is 0.0257. The van der Waals surface area contributed by atoms with Crippen molar-refractivity contribution in [1.82, 2.24) is 5.32 Å². The first-order valence-electron chi connectivity index (χ1n) is 6.19. The molecule has 0 aromatic heterocycles. The van der Waals surface area contributed by atoms with Gasteiger partial charge in [0, 0.05) is 12.0 Å². The predicted octanol–water partition coefficient (Wildman–Crippen LogP) is 1.93. The molecule has 1 heterocycles. The van der Waals surface area contributed by atoms with Crippen molar-refractivity contribution in [2.24, 2.45) is 11.8 Å². The van der Waals surface area contributed by atoms with Crippen LogP contribution in [-0.2, 0) is 0 Å². The Bertz CT molecular complexity index is 177. The van der Waals surface area contributed by atoms with Crippen LogP contribution in [0.3, 0.4) is 0 Å². The van der Waals surface area contributed by atoms with Crippen molar-refractivity contribution in [1.29, 1.82) is 0 Å². The van der Waals surface area contributed by atoms with Crippen molar-refractivity contribution in [3.05, 3.63) is 0 Å². The highest BCUT2D eigenvalue weighted by Gasteiger charge is 2.33. The van der Waals surface area contributed by atoms with Gasteiger partial charge in [0.2, 0.25) is 0 Å². The van der Waals surface area contributed by atoms with Gasteiger partial charge in [-0.05, 0) is 44.6 Å². The summed E-state index contributed by atoms with van der Waals surface area (Å²) in [5.74, 6) is 1.34. The molecule has 1 saturated heterocycles. The molecule has 0 amide bonds. The molecule has 2 rings (SSSR count). The number of hydrogen-bond donors (Lipinski definition) is 2. The highest BCUT2D eigenvalue weighted by Crippen LogP contribution is 2.33. The van der Waals surface area contributed by atoms with E-state index in [4.69, 9.17) is 0 Å². The summed E-state index contributed by atoms with van der Waals surface area (Å²) < 4.78 is 0. The highest BCUT2D eigenvalue weighted by atomic mass is 16.3. The summed E-state index contributed by atoms with van der Waals surface area (Å²) in [5.41, 5.74) is 0. The van der Waals surface area contributed by atoms with Gasteiger partial charge in [-0.3, -0.25) is 0 Å². The number of aliphatic hydroxyl groups excluding tert-OH is 1. The Balaban J connectivity index is 1.92. The van der Waals surface area contributed by atoms with Crippen molar-refractivity contribution in [2.45, 2.75) is 57.6 Å². The lowest BCUT2D eigenvalue weighted by Crippen LogP contribution is -2.46. The lowest BCUT2D eigenvalue weighted by atomic mass is 9.75. The molecule has 0 aromatic rings. The summed E-state index contributed by atoms with van der Waals surface area (Å²) in [6.45, 7) is 3.48. The highest BCUT2D eigenvalue weighted by molar-refractivity contribution is 4.88. The van der Waals surface area contributed by atoms with E-state index in [-0.39, 0.29) is 6.10 Å². The van der Waals surface area contributed by atoms with Crippen LogP contribution in [0.4, 0.5) is 0 Å². The third-order valence-electron chi connectivity index (χ3n) is 3.99. The maximum atomic E-state index is 10.00. The van der Waals surface area contributed by atoms with E-state index in [1.165, 1.54) is 32.1 Å². The number of piperidine rings is 1. The van der Waals surface area contributed by atoms with E-state index in [9.17, 15) is 5.11 Å². The number of aliphatic hydroxyl groups is 1. The van der Waals surface area contributed by atoms with Crippen LogP contribution in [0.25, 0.3) is 0 Å². The second-order valence-electron chi connectivity index (χ2n) is 5.21. The van der Waals surface area contributed by atoms with Gasteiger partial charge in [0.05, 0.1) is 6.10 Å². The van der Waals surface area contributed by atoms with E-state index in [1.54, 1.807) is 0 Å². The Morgan fingerprint density at radius 3 is 2.71 bits per heavy atom. The minimum Gasteiger partial charge on any atom is -0.393 e. The molecular formula is C12H23NO. The first kappa shape index (κ1) is 10.4. The normalized spacial score (nSPS) is 45.0. The molecule has 82 valence electrons. The molecule has 0 aromatic carbocycles. The molecule has 1 aliphatic carbocycles. The zero-order valence-electron chi connectivity index (χ0n) is 9.21. The molecule has 2 aliphatic rings. The van der Waals surface area contributed by atoms with Crippen LogP contribution in [0.1, 0.15) is 45.4 Å². The van der Waals surface area contributed by atoms with Crippen LogP contribution in [-0.4, -0.2) is 23.8 Å². The van der Waals surface area contributed by atoms with Crippen LogP contribution >= 0.6 is 0 Å². The fourth-order valence-corrected chi connectivity index (χ4v) is 3.09. The van der Waals surface area contributed by atoms with Crippen molar-refractivity contribution in [2.75, 3.05) is 6.54 Å². The van der Waals surface area contributed by atoms with Gasteiger partial charge in [-0.15, -0.1) is 0 Å². The summed E-state index contributed by atoms with van der Waals surface area (Å²) in [5, 5.41) is 13.6. The first-order valence-corrected chi connectivity index (χ1v) is 6.19. The minimum atomic E-state index is -0.0400. The summed E-state index contributed by atoms with van der Waals surface area (Å²) in [6.07, 6.45) is 7.34. The monoisotopic (exact) mass is 197 g/mol. The van der Waals surface area contributed by atoms with E-state index < -0.39 is 0 Å². The van der Waals surface area contributed by atoms with Crippen LogP contribution < -0.4 is 5.32 Å². The van der Waals surface area contributed by atoms with E-state index >= 15 is 0 Å². The van der Waals surface area contributed by atoms with Crippen LogP contribution in [0, 0.1) is 11.8 Å². The summed E-state index contributed by atoms with van der Waals surface area (Å²) in [6, 6.07) is 0.599. The summed E-state index contributed by atoms with van der Waals surface area (Å²) in [7, 11) is 0. The van der Waals surface area contributed by atoms with Gasteiger partial charge in [-0.25, -0.2) is 0 Å². The Morgan fingerprint density at radius 2 is 2.00 bits per heavy atom. The maximum absolute atomic E-state index is 10.00. The molecule has 0 bridgehead atoms. The molecule has 4 atom stereocenters. The predicted molar refractivity (Wildman–Crippen MR) is 58.2 cm³/mol. The van der Waals surface area contributed by atoms with Crippen molar-refractivity contribution in [3.8, 4) is 0 Å². The molecule has 1 saturated carbocycles. The standard InChI is InChI=1S/C12H23NO/c1-9-5-6-12(14)10(8-9)11-4-2-3-7-13-11/h9-14H,2-8H2,1H3/t9-,10+,11+,12-/m1/s1. The Hall–Kier alpha value is -0.0800. The number of hydrogen-bond acceptors (Lipinski definition) is 2. The first-order chi connectivity index (χ1) is 6.77. The zero-order chi connectivity index (χ0) is 9.97. The number of nitrogens with one attached hydrogen (secondary N) is 1. The second kappa shape index (κ2) is 4.63. The van der Waals surface area contributed by atoms with E-state index in [1.807, 2.05) is 0 Å². The van der Waals surface area contributed by atoms with Crippen LogP contribution in [0.5, 0.6) is 0 Å². The van der Waals surface area contributed by atoms with Gasteiger partial charge in [-0.1, -0.05) is 13.3 Å². The molecular weight excluding hydrogens is 174 g/mol. The fourth-order valence-electron chi connectivity index (χ4n) is 3.09. The van der Waals surface area contributed by atoms with Crippen molar-refractivity contribution in [3.63, 3.8) is 0 Å². The van der Waals surface area contributed by atoms with Crippen molar-refractivity contribution < 1.29 is 5.11 Å². The molecule has 0 spiro atoms. The maximum Gasteiger partial charge on any atom is 0.0583 e. The Kier molecular flexibility index (Phi) is 3.45.